The van der Waals surface area contributed by atoms with E-state index in [9.17, 15) is 18.0 Å². The van der Waals surface area contributed by atoms with E-state index < -0.39 is 11.7 Å². The fourth-order valence-corrected chi connectivity index (χ4v) is 3.41. The topological polar surface area (TPSA) is 20.3 Å². The average Bonchev–Trinajstić information content (AvgIpc) is 2.54. The fraction of sp³-hybridized carbons (Fsp3) is 0.588. The van der Waals surface area contributed by atoms with Crippen molar-refractivity contribution in [3.8, 4) is 0 Å². The maximum absolute atomic E-state index is 12.8. The second-order valence-corrected chi connectivity index (χ2v) is 6.91. The maximum atomic E-state index is 12.8. The molecule has 1 atom stereocenters. The second kappa shape index (κ2) is 8.20. The van der Waals surface area contributed by atoms with Crippen molar-refractivity contribution in [2.45, 2.75) is 25.4 Å². The first-order chi connectivity index (χ1) is 10.9. The van der Waals surface area contributed by atoms with Crippen LogP contribution in [0.2, 0.25) is 0 Å². The number of hydrogen-bond acceptors (Lipinski definition) is 3. The predicted octanol–water partition coefficient (Wildman–Crippen LogP) is 4.35. The maximum Gasteiger partial charge on any atom is 0.416 e. The van der Waals surface area contributed by atoms with Gasteiger partial charge in [-0.25, -0.2) is 0 Å². The molecule has 0 amide bonds. The average molecular weight is 345 g/mol. The Labute approximate surface area is 139 Å². The van der Waals surface area contributed by atoms with Crippen LogP contribution in [0.4, 0.5) is 13.2 Å². The summed E-state index contributed by atoms with van der Waals surface area (Å²) in [6, 6.07) is 4.79. The van der Waals surface area contributed by atoms with Crippen LogP contribution in [-0.4, -0.2) is 42.3 Å². The van der Waals surface area contributed by atoms with Crippen LogP contribution < -0.4 is 0 Å². The number of Topliss-reactive ketones (excluding diaryl/α,β-unsaturated/α-hetero) is 1. The minimum Gasteiger partial charge on any atom is -0.303 e. The Morgan fingerprint density at radius 3 is 2.87 bits per heavy atom. The summed E-state index contributed by atoms with van der Waals surface area (Å²) < 4.78 is 38.4. The van der Waals surface area contributed by atoms with Gasteiger partial charge in [0.25, 0.3) is 0 Å². The number of nitrogens with zero attached hydrogens (tertiary/aromatic N) is 1. The number of hydrogen-bond donors (Lipinski definition) is 0. The highest BCUT2D eigenvalue weighted by Gasteiger charge is 2.32. The molecule has 0 saturated carbocycles. The molecule has 6 heteroatoms. The van der Waals surface area contributed by atoms with E-state index in [0.717, 1.165) is 50.2 Å². The van der Waals surface area contributed by atoms with Gasteiger partial charge < -0.3 is 4.90 Å². The van der Waals surface area contributed by atoms with Crippen LogP contribution in [-0.2, 0) is 6.18 Å². The SMILES string of the molecule is CSCCCN1CCCC(C(=O)c2cccc(C(F)(F)F)c2)C1. The third-order valence-electron chi connectivity index (χ3n) is 4.17. The third-order valence-corrected chi connectivity index (χ3v) is 4.87. The lowest BCUT2D eigenvalue weighted by Crippen LogP contribution is -2.39. The summed E-state index contributed by atoms with van der Waals surface area (Å²) in [6.45, 7) is 2.58. The van der Waals surface area contributed by atoms with Crippen LogP contribution >= 0.6 is 11.8 Å². The summed E-state index contributed by atoms with van der Waals surface area (Å²) in [5.74, 6) is 0.732. The molecule has 1 heterocycles. The summed E-state index contributed by atoms with van der Waals surface area (Å²) in [6.07, 6.45) is 0.414. The van der Waals surface area contributed by atoms with Crippen molar-refractivity contribution in [3.63, 3.8) is 0 Å². The molecule has 0 radical (unpaired) electrons. The van der Waals surface area contributed by atoms with Crippen molar-refractivity contribution in [2.24, 2.45) is 5.92 Å². The first-order valence-corrected chi connectivity index (χ1v) is 9.24. The molecule has 0 bridgehead atoms. The number of carbonyl (C=O) groups is 1. The molecular formula is C17H22F3NOS. The number of ketones is 1. The number of piperidine rings is 1. The molecule has 0 spiro atoms. The molecule has 23 heavy (non-hydrogen) atoms. The van der Waals surface area contributed by atoms with Gasteiger partial charge in [-0.2, -0.15) is 24.9 Å². The van der Waals surface area contributed by atoms with Gasteiger partial charge in [-0.1, -0.05) is 12.1 Å². The summed E-state index contributed by atoms with van der Waals surface area (Å²) >= 11 is 1.80. The quantitative estimate of drug-likeness (QED) is 0.565. The van der Waals surface area contributed by atoms with Gasteiger partial charge in [-0.3, -0.25) is 4.79 Å². The van der Waals surface area contributed by atoms with Crippen LogP contribution in [0.3, 0.4) is 0 Å². The van der Waals surface area contributed by atoms with E-state index in [-0.39, 0.29) is 17.3 Å². The van der Waals surface area contributed by atoms with Crippen molar-refractivity contribution >= 4 is 17.5 Å². The molecule has 2 nitrogen and oxygen atoms in total. The van der Waals surface area contributed by atoms with E-state index in [1.54, 1.807) is 11.8 Å². The second-order valence-electron chi connectivity index (χ2n) is 5.93. The summed E-state index contributed by atoms with van der Waals surface area (Å²) in [7, 11) is 0. The van der Waals surface area contributed by atoms with Crippen LogP contribution in [0.1, 0.15) is 35.2 Å². The Balaban J connectivity index is 2.02. The highest BCUT2D eigenvalue weighted by Crippen LogP contribution is 2.30. The molecule has 128 valence electrons. The van der Waals surface area contributed by atoms with Gasteiger partial charge in [0.15, 0.2) is 5.78 Å². The van der Waals surface area contributed by atoms with Crippen molar-refractivity contribution in [1.82, 2.24) is 4.90 Å². The molecule has 0 N–H and O–H groups in total. The predicted molar refractivity (Wildman–Crippen MR) is 87.9 cm³/mol. The van der Waals surface area contributed by atoms with Crippen molar-refractivity contribution < 1.29 is 18.0 Å². The standard InChI is InChI=1S/C17H22F3NOS/c1-23-10-4-9-21-8-3-6-14(12-21)16(22)13-5-2-7-15(11-13)17(18,19)20/h2,5,7,11,14H,3-4,6,8-10,12H2,1H3. The Bertz CT molecular complexity index is 533. The van der Waals surface area contributed by atoms with Gasteiger partial charge in [0.2, 0.25) is 0 Å². The van der Waals surface area contributed by atoms with Crippen LogP contribution in [0.25, 0.3) is 0 Å². The van der Waals surface area contributed by atoms with Gasteiger partial charge in [-0.15, -0.1) is 0 Å². The zero-order valence-corrected chi connectivity index (χ0v) is 14.1. The zero-order chi connectivity index (χ0) is 16.9. The minimum absolute atomic E-state index is 0.161. The Morgan fingerprint density at radius 1 is 1.39 bits per heavy atom. The van der Waals surface area contributed by atoms with Crippen LogP contribution in [0.15, 0.2) is 24.3 Å². The lowest BCUT2D eigenvalue weighted by molar-refractivity contribution is -0.137. The Morgan fingerprint density at radius 2 is 2.17 bits per heavy atom. The highest BCUT2D eigenvalue weighted by molar-refractivity contribution is 7.98. The number of thioether (sulfide) groups is 1. The minimum atomic E-state index is -4.41. The molecule has 0 aliphatic carbocycles. The number of carbonyl (C=O) groups excluding carboxylic acids is 1. The van der Waals surface area contributed by atoms with Crippen LogP contribution in [0, 0.1) is 5.92 Å². The number of benzene rings is 1. The lowest BCUT2D eigenvalue weighted by atomic mass is 9.89. The molecule has 2 rings (SSSR count). The molecule has 1 aliphatic rings. The number of likely N-dealkylation sites (tertiary alicyclic amines) is 1. The largest absolute Gasteiger partial charge is 0.416 e. The van der Waals surface area contributed by atoms with Gasteiger partial charge >= 0.3 is 6.18 Å². The molecule has 1 saturated heterocycles. The van der Waals surface area contributed by atoms with Gasteiger partial charge in [0, 0.05) is 18.0 Å². The summed E-state index contributed by atoms with van der Waals surface area (Å²) in [4.78, 5) is 14.8. The molecular weight excluding hydrogens is 323 g/mol. The third kappa shape index (κ3) is 5.24. The monoisotopic (exact) mass is 345 g/mol. The zero-order valence-electron chi connectivity index (χ0n) is 13.2. The smallest absolute Gasteiger partial charge is 0.303 e. The first kappa shape index (κ1) is 18.3. The van der Waals surface area contributed by atoms with E-state index >= 15 is 0 Å². The van der Waals surface area contributed by atoms with E-state index in [4.69, 9.17) is 0 Å². The van der Waals surface area contributed by atoms with Crippen LogP contribution in [0.5, 0.6) is 0 Å². The van der Waals surface area contributed by atoms with E-state index in [0.29, 0.717) is 6.54 Å². The van der Waals surface area contributed by atoms with E-state index in [2.05, 4.69) is 11.2 Å². The number of halogens is 3. The van der Waals surface area contributed by atoms with E-state index in [1.165, 1.54) is 12.1 Å². The molecule has 1 aliphatic heterocycles. The molecule has 1 unspecified atom stereocenters. The summed E-state index contributed by atoms with van der Waals surface area (Å²) in [5.41, 5.74) is -0.577. The molecule has 1 aromatic rings. The van der Waals surface area contributed by atoms with Gasteiger partial charge in [0.1, 0.15) is 0 Å². The summed E-state index contributed by atoms with van der Waals surface area (Å²) in [5, 5.41) is 0. The molecule has 1 fully saturated rings. The van der Waals surface area contributed by atoms with Gasteiger partial charge in [0.05, 0.1) is 5.56 Å². The molecule has 1 aromatic carbocycles. The van der Waals surface area contributed by atoms with E-state index in [1.807, 2.05) is 0 Å². The lowest BCUT2D eigenvalue weighted by Gasteiger charge is -2.32. The fourth-order valence-electron chi connectivity index (χ4n) is 2.99. The molecule has 0 aromatic heterocycles. The Kier molecular flexibility index (Phi) is 6.53. The van der Waals surface area contributed by atoms with Crippen molar-refractivity contribution in [1.29, 1.82) is 0 Å². The van der Waals surface area contributed by atoms with Crippen molar-refractivity contribution in [3.05, 3.63) is 35.4 Å². The first-order valence-electron chi connectivity index (χ1n) is 7.84. The number of alkyl halides is 3. The van der Waals surface area contributed by atoms with Gasteiger partial charge in [-0.05, 0) is 56.5 Å². The van der Waals surface area contributed by atoms with Crippen molar-refractivity contribution in [2.75, 3.05) is 31.6 Å². The highest BCUT2D eigenvalue weighted by atomic mass is 32.2. The normalized spacial score (nSPS) is 19.7. The number of rotatable bonds is 6. The Hall–Kier alpha value is -1.01.